The summed E-state index contributed by atoms with van der Waals surface area (Å²) in [5.74, 6) is 0.669. The lowest BCUT2D eigenvalue weighted by Crippen LogP contribution is -2.37. The number of nitrogens with zero attached hydrogens (tertiary/aromatic N) is 4. The normalized spacial score (nSPS) is 14.6. The van der Waals surface area contributed by atoms with Crippen LogP contribution in [-0.2, 0) is 6.42 Å². The Bertz CT molecular complexity index is 1370. The van der Waals surface area contributed by atoms with Crippen LogP contribution in [-0.4, -0.2) is 45.2 Å². The van der Waals surface area contributed by atoms with Gasteiger partial charge in [-0.05, 0) is 29.8 Å². The number of ether oxygens (including phenoxy) is 2. The number of aromatic nitrogens is 4. The summed E-state index contributed by atoms with van der Waals surface area (Å²) in [7, 11) is 1.54. The first-order chi connectivity index (χ1) is 15.6. The number of fused-ring (bicyclic) bond motifs is 2. The van der Waals surface area contributed by atoms with Crippen molar-refractivity contribution in [1.29, 1.82) is 0 Å². The predicted molar refractivity (Wildman–Crippen MR) is 116 cm³/mol. The molecule has 0 saturated carbocycles. The van der Waals surface area contributed by atoms with E-state index in [1.807, 2.05) is 24.3 Å². The molecule has 1 aromatic carbocycles. The van der Waals surface area contributed by atoms with Crippen molar-refractivity contribution < 1.29 is 14.3 Å². The molecule has 0 bridgehead atoms. The zero-order valence-corrected chi connectivity index (χ0v) is 17.2. The van der Waals surface area contributed by atoms with Crippen LogP contribution in [0.25, 0.3) is 16.9 Å². The molecule has 9 nitrogen and oxygen atoms in total. The number of pyridine rings is 1. The number of hydrogen-bond donors (Lipinski definition) is 1. The van der Waals surface area contributed by atoms with E-state index >= 15 is 0 Å². The Morgan fingerprint density at radius 2 is 2.09 bits per heavy atom. The maximum atomic E-state index is 12.6. The van der Waals surface area contributed by atoms with Crippen LogP contribution in [0, 0.1) is 0 Å². The van der Waals surface area contributed by atoms with Crippen LogP contribution >= 0.6 is 0 Å². The van der Waals surface area contributed by atoms with Gasteiger partial charge in [-0.15, -0.1) is 10.2 Å². The van der Waals surface area contributed by atoms with Gasteiger partial charge in [0.15, 0.2) is 0 Å². The van der Waals surface area contributed by atoms with Gasteiger partial charge in [-0.2, -0.15) is 0 Å². The summed E-state index contributed by atoms with van der Waals surface area (Å²) in [6, 6.07) is 14.6. The number of amides is 1. The highest BCUT2D eigenvalue weighted by molar-refractivity contribution is 5.93. The van der Waals surface area contributed by atoms with Crippen molar-refractivity contribution in [3.63, 3.8) is 0 Å². The molecule has 0 radical (unpaired) electrons. The van der Waals surface area contributed by atoms with Crippen molar-refractivity contribution in [2.45, 2.75) is 12.5 Å². The van der Waals surface area contributed by atoms with Crippen LogP contribution < -0.4 is 20.3 Å². The van der Waals surface area contributed by atoms with Gasteiger partial charge in [-0.1, -0.05) is 18.2 Å². The molecule has 4 heterocycles. The molecule has 3 aromatic heterocycles. The van der Waals surface area contributed by atoms with E-state index in [2.05, 4.69) is 20.5 Å². The number of benzene rings is 1. The largest absolute Gasteiger partial charge is 0.487 e. The number of carbonyl (C=O) groups is 1. The third-order valence-electron chi connectivity index (χ3n) is 5.30. The summed E-state index contributed by atoms with van der Waals surface area (Å²) in [4.78, 5) is 29.4. The van der Waals surface area contributed by atoms with E-state index in [0.29, 0.717) is 23.6 Å². The molecule has 4 aromatic rings. The summed E-state index contributed by atoms with van der Waals surface area (Å²) in [6.07, 6.45) is 3.25. The Morgan fingerprint density at radius 1 is 1.19 bits per heavy atom. The topological polar surface area (TPSA) is 108 Å². The molecular weight excluding hydrogens is 410 g/mol. The smallest absolute Gasteiger partial charge is 0.270 e. The molecule has 0 fully saturated rings. The van der Waals surface area contributed by atoms with Crippen molar-refractivity contribution >= 4 is 11.6 Å². The van der Waals surface area contributed by atoms with Gasteiger partial charge in [-0.3, -0.25) is 14.0 Å². The molecule has 160 valence electrons. The van der Waals surface area contributed by atoms with Crippen molar-refractivity contribution in [1.82, 2.24) is 24.9 Å². The van der Waals surface area contributed by atoms with Crippen molar-refractivity contribution in [3.05, 3.63) is 82.4 Å². The lowest BCUT2D eigenvalue weighted by molar-refractivity contribution is 0.0931. The van der Waals surface area contributed by atoms with Crippen molar-refractivity contribution in [2.75, 3.05) is 13.7 Å². The van der Waals surface area contributed by atoms with Crippen LogP contribution in [0.15, 0.2) is 65.7 Å². The van der Waals surface area contributed by atoms with Gasteiger partial charge < -0.3 is 14.8 Å². The van der Waals surface area contributed by atoms with E-state index in [1.165, 1.54) is 17.7 Å². The standard InChI is InChI=1S/C23H19N5O4/c1-31-20-9-8-18(26-27-20)16-6-4-5-14-11-15(32-21(14)16)12-25-22(29)17-13-24-19-7-2-3-10-28(19)23(17)30/h2-10,13,15H,11-12H2,1H3,(H,25,29). The van der Waals surface area contributed by atoms with E-state index < -0.39 is 11.5 Å². The minimum atomic E-state index is -0.485. The van der Waals surface area contributed by atoms with Gasteiger partial charge in [-0.25, -0.2) is 4.98 Å². The van der Waals surface area contributed by atoms with Crippen LogP contribution in [0.4, 0.5) is 0 Å². The first-order valence-corrected chi connectivity index (χ1v) is 10.1. The number of hydrogen-bond acceptors (Lipinski definition) is 7. The second-order valence-corrected chi connectivity index (χ2v) is 7.31. The van der Waals surface area contributed by atoms with Crippen LogP contribution in [0.2, 0.25) is 0 Å². The number of rotatable bonds is 5. The molecule has 1 atom stereocenters. The number of para-hydroxylation sites is 1. The maximum absolute atomic E-state index is 12.6. The summed E-state index contributed by atoms with van der Waals surface area (Å²) >= 11 is 0. The molecule has 0 aliphatic carbocycles. The quantitative estimate of drug-likeness (QED) is 0.516. The van der Waals surface area contributed by atoms with Gasteiger partial charge >= 0.3 is 0 Å². The minimum absolute atomic E-state index is 0.0154. The number of methoxy groups -OCH3 is 1. The third kappa shape index (κ3) is 3.53. The number of nitrogens with one attached hydrogen (secondary N) is 1. The third-order valence-corrected chi connectivity index (χ3v) is 5.30. The lowest BCUT2D eigenvalue weighted by atomic mass is 10.0. The summed E-state index contributed by atoms with van der Waals surface area (Å²) < 4.78 is 12.5. The van der Waals surface area contributed by atoms with Gasteiger partial charge in [0.2, 0.25) is 5.88 Å². The summed E-state index contributed by atoms with van der Waals surface area (Å²) in [6.45, 7) is 0.248. The van der Waals surface area contributed by atoms with E-state index in [0.717, 1.165) is 16.9 Å². The molecular formula is C23H19N5O4. The lowest BCUT2D eigenvalue weighted by Gasteiger charge is -2.13. The fraction of sp³-hybridized carbons (Fsp3) is 0.174. The highest BCUT2D eigenvalue weighted by atomic mass is 16.5. The van der Waals surface area contributed by atoms with Gasteiger partial charge in [0, 0.05) is 30.4 Å². The molecule has 9 heteroatoms. The van der Waals surface area contributed by atoms with Crippen LogP contribution in [0.1, 0.15) is 15.9 Å². The Balaban J connectivity index is 1.30. The molecule has 1 aliphatic rings. The second-order valence-electron chi connectivity index (χ2n) is 7.31. The van der Waals surface area contributed by atoms with Gasteiger partial charge in [0.25, 0.3) is 11.5 Å². The van der Waals surface area contributed by atoms with Crippen molar-refractivity contribution in [3.8, 4) is 22.9 Å². The van der Waals surface area contributed by atoms with E-state index in [1.54, 1.807) is 30.5 Å². The molecule has 1 unspecified atom stereocenters. The summed E-state index contributed by atoms with van der Waals surface area (Å²) in [5, 5.41) is 11.0. The van der Waals surface area contributed by atoms with Crippen LogP contribution in [0.3, 0.4) is 0 Å². The first kappa shape index (κ1) is 19.7. The molecule has 32 heavy (non-hydrogen) atoms. The second kappa shape index (κ2) is 8.10. The molecule has 1 N–H and O–H groups in total. The highest BCUT2D eigenvalue weighted by Gasteiger charge is 2.27. The number of carbonyl (C=O) groups excluding carboxylic acids is 1. The highest BCUT2D eigenvalue weighted by Crippen LogP contribution is 2.37. The molecule has 0 saturated heterocycles. The Morgan fingerprint density at radius 3 is 2.91 bits per heavy atom. The minimum Gasteiger partial charge on any atom is -0.487 e. The van der Waals surface area contributed by atoms with E-state index in [9.17, 15) is 9.59 Å². The molecule has 1 amide bonds. The Hall–Kier alpha value is -4.27. The average molecular weight is 429 g/mol. The zero-order chi connectivity index (χ0) is 22.1. The molecule has 5 rings (SSSR count). The van der Waals surface area contributed by atoms with Gasteiger partial charge in [0.05, 0.1) is 19.3 Å². The summed E-state index contributed by atoms with van der Waals surface area (Å²) in [5.41, 5.74) is 2.57. The predicted octanol–water partition coefficient (Wildman–Crippen LogP) is 1.89. The Kier molecular flexibility index (Phi) is 4.98. The first-order valence-electron chi connectivity index (χ1n) is 10.1. The van der Waals surface area contributed by atoms with Crippen molar-refractivity contribution in [2.24, 2.45) is 0 Å². The zero-order valence-electron chi connectivity index (χ0n) is 17.2. The fourth-order valence-electron chi connectivity index (χ4n) is 3.71. The van der Waals surface area contributed by atoms with Gasteiger partial charge in [0.1, 0.15) is 23.1 Å². The molecule has 1 aliphatic heterocycles. The average Bonchev–Trinajstić information content (AvgIpc) is 3.26. The van der Waals surface area contributed by atoms with E-state index in [4.69, 9.17) is 9.47 Å². The monoisotopic (exact) mass is 429 g/mol. The van der Waals surface area contributed by atoms with E-state index in [-0.39, 0.29) is 18.2 Å². The maximum Gasteiger partial charge on any atom is 0.270 e. The fourth-order valence-corrected chi connectivity index (χ4v) is 3.71. The SMILES string of the molecule is COc1ccc(-c2cccc3c2OC(CNC(=O)c2cnc4ccccn4c2=O)C3)nn1. The molecule has 0 spiro atoms. The Labute approximate surface area is 182 Å². The van der Waals surface area contributed by atoms with Crippen LogP contribution in [0.5, 0.6) is 11.6 Å².